The number of ether oxygens (including phenoxy) is 3. The van der Waals surface area contributed by atoms with Crippen molar-refractivity contribution in [1.82, 2.24) is 9.99 Å². The van der Waals surface area contributed by atoms with E-state index < -0.39 is 11.2 Å². The van der Waals surface area contributed by atoms with E-state index in [9.17, 15) is 14.9 Å². The Bertz CT molecular complexity index is 1180. The third kappa shape index (κ3) is 5.44. The van der Waals surface area contributed by atoms with E-state index in [1.807, 2.05) is 12.1 Å². The van der Waals surface area contributed by atoms with Crippen LogP contribution >= 0.6 is 15.9 Å². The van der Waals surface area contributed by atoms with E-state index in [1.165, 1.54) is 24.1 Å². The Labute approximate surface area is 196 Å². The molecule has 0 fully saturated rings. The molecule has 4 rings (SSSR count). The molecule has 1 amide bonds. The van der Waals surface area contributed by atoms with E-state index in [1.54, 1.807) is 36.4 Å². The second-order valence-electron chi connectivity index (χ2n) is 6.84. The third-order valence-electron chi connectivity index (χ3n) is 4.50. The maximum atomic E-state index is 12.0. The Hall–Kier alpha value is -3.99. The van der Waals surface area contributed by atoms with Crippen LogP contribution in [0.25, 0.3) is 0 Å². The molecule has 10 nitrogen and oxygen atoms in total. The van der Waals surface area contributed by atoms with Gasteiger partial charge in [-0.3, -0.25) is 14.9 Å². The molecule has 2 heterocycles. The van der Waals surface area contributed by atoms with Gasteiger partial charge < -0.3 is 14.2 Å². The van der Waals surface area contributed by atoms with Crippen molar-refractivity contribution in [3.8, 4) is 17.4 Å². The fraction of sp³-hybridized carbons (Fsp3) is 0.136. The quantitative estimate of drug-likeness (QED) is 0.338. The van der Waals surface area contributed by atoms with Gasteiger partial charge in [0, 0.05) is 29.1 Å². The fourth-order valence-electron chi connectivity index (χ4n) is 2.89. The van der Waals surface area contributed by atoms with E-state index in [2.05, 4.69) is 26.0 Å². The standard InChI is InChI=1S/C22H17BrN4O6/c1-14(28)26-21(13-31-18-9-4-16(23)5-10-18)33-22(25-26)15-2-7-19(8-3-15)32-20-11-6-17(12-24-20)27(29)30/h2-12,21H,13H2,1H3/t21-/m0/s1. The molecule has 0 bridgehead atoms. The number of hydrogen-bond acceptors (Lipinski definition) is 8. The summed E-state index contributed by atoms with van der Waals surface area (Å²) in [6.45, 7) is 1.50. The maximum absolute atomic E-state index is 12.0. The lowest BCUT2D eigenvalue weighted by Crippen LogP contribution is -2.36. The van der Waals surface area contributed by atoms with Crippen LogP contribution in [0.1, 0.15) is 12.5 Å². The number of amides is 1. The Kier molecular flexibility index (Phi) is 6.50. The number of rotatable bonds is 7. The lowest BCUT2D eigenvalue weighted by atomic mass is 10.2. The number of nitro groups is 1. The SMILES string of the molecule is CC(=O)N1N=C(c2ccc(Oc3ccc([N+](=O)[O-])cn3)cc2)O[C@H]1COc1ccc(Br)cc1. The van der Waals surface area contributed by atoms with Crippen LogP contribution in [0.5, 0.6) is 17.4 Å². The van der Waals surface area contributed by atoms with Gasteiger partial charge in [0.25, 0.3) is 5.69 Å². The minimum absolute atomic E-state index is 0.0984. The van der Waals surface area contributed by atoms with E-state index in [0.29, 0.717) is 17.1 Å². The average Bonchev–Trinajstić information content (AvgIpc) is 3.24. The molecule has 33 heavy (non-hydrogen) atoms. The second kappa shape index (κ2) is 9.65. The molecule has 11 heteroatoms. The van der Waals surface area contributed by atoms with Crippen molar-refractivity contribution in [3.05, 3.63) is 87.0 Å². The molecule has 168 valence electrons. The van der Waals surface area contributed by atoms with Gasteiger partial charge in [-0.05, 0) is 48.5 Å². The fourth-order valence-corrected chi connectivity index (χ4v) is 3.16. The first-order valence-corrected chi connectivity index (χ1v) is 10.5. The number of carbonyl (C=O) groups is 1. The average molecular weight is 513 g/mol. The van der Waals surface area contributed by atoms with Crippen LogP contribution in [0.4, 0.5) is 5.69 Å². The molecular formula is C22H17BrN4O6. The van der Waals surface area contributed by atoms with E-state index in [-0.39, 0.29) is 30.0 Å². The zero-order valence-electron chi connectivity index (χ0n) is 17.3. The number of pyridine rings is 1. The van der Waals surface area contributed by atoms with Gasteiger partial charge in [-0.1, -0.05) is 15.9 Å². The van der Waals surface area contributed by atoms with Gasteiger partial charge in [-0.15, -0.1) is 5.10 Å². The summed E-state index contributed by atoms with van der Waals surface area (Å²) in [5.74, 6) is 1.32. The van der Waals surface area contributed by atoms with Gasteiger partial charge >= 0.3 is 0 Å². The van der Waals surface area contributed by atoms with Gasteiger partial charge in [0.15, 0.2) is 0 Å². The summed E-state index contributed by atoms with van der Waals surface area (Å²) in [6, 6.07) is 16.8. The molecular weight excluding hydrogens is 496 g/mol. The molecule has 0 saturated carbocycles. The zero-order chi connectivity index (χ0) is 23.4. The Balaban J connectivity index is 1.41. The summed E-state index contributed by atoms with van der Waals surface area (Å²) in [4.78, 5) is 26.1. The molecule has 1 aliphatic heterocycles. The van der Waals surface area contributed by atoms with Crippen molar-refractivity contribution in [1.29, 1.82) is 0 Å². The summed E-state index contributed by atoms with van der Waals surface area (Å²) in [7, 11) is 0. The Morgan fingerprint density at radius 2 is 1.82 bits per heavy atom. The molecule has 3 aromatic rings. The first-order valence-electron chi connectivity index (χ1n) is 9.71. The van der Waals surface area contributed by atoms with Crippen molar-refractivity contribution >= 4 is 33.4 Å². The number of nitrogens with zero attached hydrogens (tertiary/aromatic N) is 4. The normalized spacial score (nSPS) is 14.9. The highest BCUT2D eigenvalue weighted by Gasteiger charge is 2.32. The number of hydrazone groups is 1. The lowest BCUT2D eigenvalue weighted by Gasteiger charge is -2.19. The van der Waals surface area contributed by atoms with Crippen LogP contribution in [0.2, 0.25) is 0 Å². The van der Waals surface area contributed by atoms with Gasteiger partial charge in [0.2, 0.25) is 23.9 Å². The van der Waals surface area contributed by atoms with E-state index >= 15 is 0 Å². The molecule has 1 atom stereocenters. The summed E-state index contributed by atoms with van der Waals surface area (Å²) in [5.41, 5.74) is 0.513. The highest BCUT2D eigenvalue weighted by Crippen LogP contribution is 2.24. The molecule has 0 saturated heterocycles. The lowest BCUT2D eigenvalue weighted by molar-refractivity contribution is -0.385. The topological polar surface area (TPSA) is 116 Å². The molecule has 0 N–H and O–H groups in total. The number of carbonyl (C=O) groups excluding carboxylic acids is 1. The number of benzene rings is 2. The number of hydrogen-bond donors (Lipinski definition) is 0. The Morgan fingerprint density at radius 1 is 1.12 bits per heavy atom. The van der Waals surface area contributed by atoms with Crippen LogP contribution in [-0.2, 0) is 9.53 Å². The van der Waals surface area contributed by atoms with Gasteiger partial charge in [-0.2, -0.15) is 5.01 Å². The third-order valence-corrected chi connectivity index (χ3v) is 5.03. The monoisotopic (exact) mass is 512 g/mol. The molecule has 0 radical (unpaired) electrons. The summed E-state index contributed by atoms with van der Waals surface area (Å²) >= 11 is 3.37. The van der Waals surface area contributed by atoms with Crippen LogP contribution < -0.4 is 9.47 Å². The summed E-state index contributed by atoms with van der Waals surface area (Å²) in [5, 5.41) is 16.2. The van der Waals surface area contributed by atoms with Crippen molar-refractivity contribution in [2.24, 2.45) is 5.10 Å². The predicted molar refractivity (Wildman–Crippen MR) is 121 cm³/mol. The van der Waals surface area contributed by atoms with E-state index in [0.717, 1.165) is 10.7 Å². The van der Waals surface area contributed by atoms with Gasteiger partial charge in [0.05, 0.1) is 4.92 Å². The second-order valence-corrected chi connectivity index (χ2v) is 7.76. The van der Waals surface area contributed by atoms with Gasteiger partial charge in [0.1, 0.15) is 24.3 Å². The van der Waals surface area contributed by atoms with Crippen molar-refractivity contribution in [2.45, 2.75) is 13.2 Å². The van der Waals surface area contributed by atoms with Crippen molar-refractivity contribution < 1.29 is 23.9 Å². The predicted octanol–water partition coefficient (Wildman–Crippen LogP) is 4.49. The van der Waals surface area contributed by atoms with Crippen LogP contribution in [0.15, 0.2) is 76.4 Å². The van der Waals surface area contributed by atoms with Gasteiger partial charge in [-0.25, -0.2) is 4.98 Å². The first-order chi connectivity index (χ1) is 15.9. The summed E-state index contributed by atoms with van der Waals surface area (Å²) in [6.07, 6.45) is 0.416. The molecule has 0 aliphatic carbocycles. The van der Waals surface area contributed by atoms with Crippen LogP contribution in [0.3, 0.4) is 0 Å². The largest absolute Gasteiger partial charge is 0.488 e. The number of aromatic nitrogens is 1. The number of halogens is 1. The molecule has 0 unspecified atom stereocenters. The molecule has 0 spiro atoms. The van der Waals surface area contributed by atoms with Crippen LogP contribution in [0, 0.1) is 10.1 Å². The molecule has 1 aliphatic rings. The minimum atomic E-state index is -0.707. The van der Waals surface area contributed by atoms with Crippen LogP contribution in [-0.4, -0.2) is 39.6 Å². The first kappa shape index (κ1) is 22.2. The Morgan fingerprint density at radius 3 is 2.42 bits per heavy atom. The summed E-state index contributed by atoms with van der Waals surface area (Å²) < 4.78 is 18.1. The highest BCUT2D eigenvalue weighted by molar-refractivity contribution is 9.10. The molecule has 1 aromatic heterocycles. The van der Waals surface area contributed by atoms with Crippen molar-refractivity contribution in [2.75, 3.05) is 6.61 Å². The highest BCUT2D eigenvalue weighted by atomic mass is 79.9. The molecule has 2 aromatic carbocycles. The minimum Gasteiger partial charge on any atom is -0.488 e. The van der Waals surface area contributed by atoms with E-state index in [4.69, 9.17) is 14.2 Å². The smallest absolute Gasteiger partial charge is 0.287 e. The zero-order valence-corrected chi connectivity index (χ0v) is 18.8. The van der Waals surface area contributed by atoms with Crippen molar-refractivity contribution in [3.63, 3.8) is 0 Å². The maximum Gasteiger partial charge on any atom is 0.287 e.